The molecule has 3 heteroatoms. The van der Waals surface area contributed by atoms with Crippen molar-refractivity contribution in [1.82, 2.24) is 5.32 Å². The Morgan fingerprint density at radius 1 is 1.32 bits per heavy atom. The minimum Gasteiger partial charge on any atom is -0.493 e. The van der Waals surface area contributed by atoms with Gasteiger partial charge >= 0.3 is 0 Å². The SMILES string of the molecule is COc1cccc2cc(C(C)NC3CC=CC3)oc12. The number of benzene rings is 1. The molecule has 1 aromatic heterocycles. The van der Waals surface area contributed by atoms with E-state index in [0.29, 0.717) is 6.04 Å². The lowest BCUT2D eigenvalue weighted by molar-refractivity contribution is 0.387. The molecule has 0 saturated heterocycles. The first-order valence-corrected chi connectivity index (χ1v) is 6.75. The Morgan fingerprint density at radius 2 is 2.11 bits per heavy atom. The summed E-state index contributed by atoms with van der Waals surface area (Å²) in [6, 6.07) is 8.80. The number of rotatable bonds is 4. The maximum atomic E-state index is 5.95. The van der Waals surface area contributed by atoms with Gasteiger partial charge in [0.25, 0.3) is 0 Å². The molecule has 1 unspecified atom stereocenters. The third kappa shape index (κ3) is 2.38. The van der Waals surface area contributed by atoms with E-state index in [1.165, 1.54) is 0 Å². The highest BCUT2D eigenvalue weighted by molar-refractivity contribution is 5.83. The lowest BCUT2D eigenvalue weighted by Gasteiger charge is -2.17. The summed E-state index contributed by atoms with van der Waals surface area (Å²) in [5.74, 6) is 1.75. The summed E-state index contributed by atoms with van der Waals surface area (Å²) in [4.78, 5) is 0. The molecule has 1 N–H and O–H groups in total. The summed E-state index contributed by atoms with van der Waals surface area (Å²) >= 11 is 0. The Labute approximate surface area is 113 Å². The molecule has 100 valence electrons. The minimum atomic E-state index is 0.210. The van der Waals surface area contributed by atoms with Crippen LogP contribution in [0.15, 0.2) is 40.8 Å². The van der Waals surface area contributed by atoms with Crippen molar-refractivity contribution in [1.29, 1.82) is 0 Å². The number of furan rings is 1. The van der Waals surface area contributed by atoms with E-state index in [-0.39, 0.29) is 6.04 Å². The Balaban J connectivity index is 1.84. The molecule has 2 aromatic rings. The van der Waals surface area contributed by atoms with Crippen LogP contribution in [0.4, 0.5) is 0 Å². The zero-order valence-corrected chi connectivity index (χ0v) is 11.3. The fraction of sp³-hybridized carbons (Fsp3) is 0.375. The summed E-state index contributed by atoms with van der Waals surface area (Å²) < 4.78 is 11.3. The molecule has 3 rings (SSSR count). The number of hydrogen-bond acceptors (Lipinski definition) is 3. The number of methoxy groups -OCH3 is 1. The molecule has 1 aliphatic carbocycles. The second-order valence-electron chi connectivity index (χ2n) is 5.06. The predicted octanol–water partition coefficient (Wildman–Crippen LogP) is 3.81. The molecule has 1 heterocycles. The van der Waals surface area contributed by atoms with Crippen molar-refractivity contribution >= 4 is 11.0 Å². The number of hydrogen-bond donors (Lipinski definition) is 1. The van der Waals surface area contributed by atoms with Crippen molar-refractivity contribution in [3.05, 3.63) is 42.2 Å². The Morgan fingerprint density at radius 3 is 2.84 bits per heavy atom. The summed E-state index contributed by atoms with van der Waals surface area (Å²) in [6.07, 6.45) is 6.67. The van der Waals surface area contributed by atoms with Crippen LogP contribution in [0.5, 0.6) is 5.75 Å². The van der Waals surface area contributed by atoms with E-state index in [2.05, 4.69) is 36.5 Å². The van der Waals surface area contributed by atoms with Crippen LogP contribution in [-0.2, 0) is 0 Å². The molecule has 0 radical (unpaired) electrons. The van der Waals surface area contributed by atoms with Gasteiger partial charge in [-0.15, -0.1) is 0 Å². The number of nitrogens with one attached hydrogen (secondary N) is 1. The van der Waals surface area contributed by atoms with Crippen LogP contribution in [0.1, 0.15) is 31.6 Å². The van der Waals surface area contributed by atoms with Gasteiger partial charge in [0.2, 0.25) is 0 Å². The summed E-state index contributed by atoms with van der Waals surface area (Å²) in [5.41, 5.74) is 0.832. The molecule has 0 fully saturated rings. The fourth-order valence-electron chi connectivity index (χ4n) is 2.62. The summed E-state index contributed by atoms with van der Waals surface area (Å²) in [5, 5.41) is 4.69. The molecular weight excluding hydrogens is 238 g/mol. The van der Waals surface area contributed by atoms with Gasteiger partial charge in [0, 0.05) is 11.4 Å². The first kappa shape index (κ1) is 12.3. The van der Waals surface area contributed by atoms with Crippen LogP contribution in [-0.4, -0.2) is 13.2 Å². The maximum absolute atomic E-state index is 5.95. The average Bonchev–Trinajstić information content (AvgIpc) is 3.06. The van der Waals surface area contributed by atoms with Crippen molar-refractivity contribution < 1.29 is 9.15 Å². The van der Waals surface area contributed by atoms with Crippen molar-refractivity contribution in [3.8, 4) is 5.75 Å². The van der Waals surface area contributed by atoms with Crippen LogP contribution in [0.25, 0.3) is 11.0 Å². The predicted molar refractivity (Wildman–Crippen MR) is 76.5 cm³/mol. The highest BCUT2D eigenvalue weighted by Crippen LogP contribution is 2.31. The molecule has 0 bridgehead atoms. The first-order chi connectivity index (χ1) is 9.28. The zero-order chi connectivity index (χ0) is 13.2. The Hall–Kier alpha value is -1.74. The second kappa shape index (κ2) is 5.10. The third-order valence-corrected chi connectivity index (χ3v) is 3.67. The Kier molecular flexibility index (Phi) is 3.30. The molecule has 19 heavy (non-hydrogen) atoms. The molecule has 0 saturated carbocycles. The molecule has 0 amide bonds. The molecule has 3 nitrogen and oxygen atoms in total. The van der Waals surface area contributed by atoms with E-state index in [1.54, 1.807) is 7.11 Å². The van der Waals surface area contributed by atoms with Crippen molar-refractivity contribution in [2.24, 2.45) is 0 Å². The second-order valence-corrected chi connectivity index (χ2v) is 5.06. The van der Waals surface area contributed by atoms with E-state index in [9.17, 15) is 0 Å². The van der Waals surface area contributed by atoms with Crippen molar-refractivity contribution in [3.63, 3.8) is 0 Å². The highest BCUT2D eigenvalue weighted by atomic mass is 16.5. The topological polar surface area (TPSA) is 34.4 Å². The Bertz CT molecular complexity index is 592. The monoisotopic (exact) mass is 257 g/mol. The van der Waals surface area contributed by atoms with Gasteiger partial charge in [-0.25, -0.2) is 0 Å². The molecule has 0 spiro atoms. The van der Waals surface area contributed by atoms with Crippen LogP contribution >= 0.6 is 0 Å². The van der Waals surface area contributed by atoms with Crippen LogP contribution in [0, 0.1) is 0 Å². The highest BCUT2D eigenvalue weighted by Gasteiger charge is 2.18. The minimum absolute atomic E-state index is 0.210. The van der Waals surface area contributed by atoms with Gasteiger partial charge in [-0.1, -0.05) is 24.3 Å². The van der Waals surface area contributed by atoms with Gasteiger partial charge in [-0.2, -0.15) is 0 Å². The van der Waals surface area contributed by atoms with E-state index >= 15 is 0 Å². The van der Waals surface area contributed by atoms with Gasteiger partial charge in [0.1, 0.15) is 5.76 Å². The standard InChI is InChI=1S/C16H19NO2/c1-11(17-13-7-3-4-8-13)15-10-12-6-5-9-14(18-2)16(12)19-15/h3-6,9-11,13,17H,7-8H2,1-2H3. The number of para-hydroxylation sites is 1. The normalized spacial score (nSPS) is 17.2. The van der Waals surface area contributed by atoms with Crippen molar-refractivity contribution in [2.75, 3.05) is 7.11 Å². The number of fused-ring (bicyclic) bond motifs is 1. The lowest BCUT2D eigenvalue weighted by Crippen LogP contribution is -2.28. The molecule has 1 aromatic carbocycles. The fourth-order valence-corrected chi connectivity index (χ4v) is 2.62. The van der Waals surface area contributed by atoms with Gasteiger partial charge in [0.05, 0.1) is 13.2 Å². The molecule has 1 aliphatic rings. The van der Waals surface area contributed by atoms with Gasteiger partial charge in [-0.05, 0) is 31.9 Å². The zero-order valence-electron chi connectivity index (χ0n) is 11.3. The third-order valence-electron chi connectivity index (χ3n) is 3.67. The van der Waals surface area contributed by atoms with Gasteiger partial charge in [-0.3, -0.25) is 0 Å². The van der Waals surface area contributed by atoms with Crippen LogP contribution < -0.4 is 10.1 Å². The van der Waals surface area contributed by atoms with Crippen molar-refractivity contribution in [2.45, 2.75) is 31.8 Å². The van der Waals surface area contributed by atoms with Crippen LogP contribution in [0.2, 0.25) is 0 Å². The summed E-state index contributed by atoms with van der Waals surface area (Å²) in [6.45, 7) is 2.14. The van der Waals surface area contributed by atoms with E-state index in [0.717, 1.165) is 35.3 Å². The summed E-state index contributed by atoms with van der Waals surface area (Å²) in [7, 11) is 1.67. The van der Waals surface area contributed by atoms with Gasteiger partial charge in [0.15, 0.2) is 11.3 Å². The molecule has 0 aliphatic heterocycles. The average molecular weight is 257 g/mol. The van der Waals surface area contributed by atoms with E-state index in [1.807, 2.05) is 12.1 Å². The largest absolute Gasteiger partial charge is 0.493 e. The maximum Gasteiger partial charge on any atom is 0.176 e. The molecule has 1 atom stereocenters. The van der Waals surface area contributed by atoms with E-state index in [4.69, 9.17) is 9.15 Å². The first-order valence-electron chi connectivity index (χ1n) is 6.75. The smallest absolute Gasteiger partial charge is 0.176 e. The van der Waals surface area contributed by atoms with E-state index < -0.39 is 0 Å². The lowest BCUT2D eigenvalue weighted by atomic mass is 10.1. The quantitative estimate of drug-likeness (QED) is 0.846. The van der Waals surface area contributed by atoms with Gasteiger partial charge < -0.3 is 14.5 Å². The van der Waals surface area contributed by atoms with Crippen LogP contribution in [0.3, 0.4) is 0 Å². The number of ether oxygens (including phenoxy) is 1. The molecular formula is C16H19NO2.